The molecule has 1 heteroatoms. The van der Waals surface area contributed by atoms with Crippen LogP contribution in [0.3, 0.4) is 0 Å². The van der Waals surface area contributed by atoms with Gasteiger partial charge in [-0.1, -0.05) is 25.1 Å². The molecule has 0 aliphatic rings. The molecule has 0 aromatic heterocycles. The van der Waals surface area contributed by atoms with Gasteiger partial charge in [0.25, 0.3) is 0 Å². The molecule has 0 saturated carbocycles. The summed E-state index contributed by atoms with van der Waals surface area (Å²) in [5.74, 6) is 0.837. The summed E-state index contributed by atoms with van der Waals surface area (Å²) in [6, 6.07) is 9.60. The first-order valence-corrected chi connectivity index (χ1v) is 3.84. The SMILES string of the molecule is [2H][C@@H](C)[C@@H](C)Oc1ccccc1. The van der Waals surface area contributed by atoms with Crippen molar-refractivity contribution in [1.29, 1.82) is 0 Å². The Balaban J connectivity index is 2.53. The van der Waals surface area contributed by atoms with Crippen molar-refractivity contribution in [2.24, 2.45) is 0 Å². The van der Waals surface area contributed by atoms with E-state index in [4.69, 9.17) is 6.11 Å². The lowest BCUT2D eigenvalue weighted by Gasteiger charge is -2.11. The Morgan fingerprint density at radius 2 is 2.09 bits per heavy atom. The largest absolute Gasteiger partial charge is 0.491 e. The van der Waals surface area contributed by atoms with E-state index in [1.54, 1.807) is 0 Å². The minimum Gasteiger partial charge on any atom is -0.491 e. The van der Waals surface area contributed by atoms with Gasteiger partial charge < -0.3 is 4.74 Å². The Bertz CT molecular complexity index is 221. The first-order chi connectivity index (χ1) is 5.70. The van der Waals surface area contributed by atoms with Crippen molar-refractivity contribution >= 4 is 0 Å². The number of hydrogen-bond acceptors (Lipinski definition) is 1. The van der Waals surface area contributed by atoms with E-state index in [0.717, 1.165) is 5.75 Å². The number of benzene rings is 1. The Hall–Kier alpha value is -0.980. The van der Waals surface area contributed by atoms with E-state index in [9.17, 15) is 0 Å². The maximum absolute atomic E-state index is 7.41. The highest BCUT2D eigenvalue weighted by atomic mass is 16.5. The van der Waals surface area contributed by atoms with Crippen LogP contribution in [-0.2, 0) is 0 Å². The van der Waals surface area contributed by atoms with Gasteiger partial charge in [0, 0.05) is 1.37 Å². The maximum Gasteiger partial charge on any atom is 0.119 e. The van der Waals surface area contributed by atoms with E-state index in [1.165, 1.54) is 0 Å². The number of hydrogen-bond donors (Lipinski definition) is 0. The van der Waals surface area contributed by atoms with Crippen molar-refractivity contribution in [3.63, 3.8) is 0 Å². The molecule has 1 nitrogen and oxygen atoms in total. The van der Waals surface area contributed by atoms with E-state index in [1.807, 2.05) is 44.2 Å². The van der Waals surface area contributed by atoms with Crippen molar-refractivity contribution in [3.8, 4) is 5.75 Å². The van der Waals surface area contributed by atoms with Gasteiger partial charge >= 0.3 is 0 Å². The van der Waals surface area contributed by atoms with Gasteiger partial charge in [0.15, 0.2) is 0 Å². The van der Waals surface area contributed by atoms with Gasteiger partial charge in [-0.3, -0.25) is 0 Å². The summed E-state index contributed by atoms with van der Waals surface area (Å²) < 4.78 is 12.9. The van der Waals surface area contributed by atoms with Crippen LogP contribution in [0.4, 0.5) is 0 Å². The van der Waals surface area contributed by atoms with Crippen molar-refractivity contribution in [2.45, 2.75) is 26.3 Å². The molecule has 0 aliphatic carbocycles. The lowest BCUT2D eigenvalue weighted by Crippen LogP contribution is -2.09. The fourth-order valence-electron chi connectivity index (χ4n) is 0.782. The molecule has 0 bridgehead atoms. The second-order valence-electron chi connectivity index (χ2n) is 2.47. The zero-order chi connectivity index (χ0) is 8.97. The molecule has 60 valence electrons. The quantitative estimate of drug-likeness (QED) is 0.645. The van der Waals surface area contributed by atoms with Crippen LogP contribution in [0.2, 0.25) is 0 Å². The first kappa shape index (κ1) is 6.71. The lowest BCUT2D eigenvalue weighted by molar-refractivity contribution is 0.217. The fraction of sp³-hybridized carbons (Fsp3) is 0.400. The highest BCUT2D eigenvalue weighted by Crippen LogP contribution is 2.11. The van der Waals surface area contributed by atoms with Gasteiger partial charge in [0.2, 0.25) is 0 Å². The van der Waals surface area contributed by atoms with Gasteiger partial charge in [-0.05, 0) is 25.5 Å². The minimum absolute atomic E-state index is 0.0487. The van der Waals surface area contributed by atoms with E-state index >= 15 is 0 Å². The van der Waals surface area contributed by atoms with Gasteiger partial charge in [-0.2, -0.15) is 0 Å². The summed E-state index contributed by atoms with van der Waals surface area (Å²) in [5, 5.41) is 0. The Labute approximate surface area is 69.4 Å². The molecule has 0 unspecified atom stereocenters. The minimum atomic E-state index is -0.190. The van der Waals surface area contributed by atoms with Crippen molar-refractivity contribution in [1.82, 2.24) is 0 Å². The number of rotatable bonds is 3. The Morgan fingerprint density at radius 3 is 2.64 bits per heavy atom. The van der Waals surface area contributed by atoms with Crippen LogP contribution < -0.4 is 4.74 Å². The summed E-state index contributed by atoms with van der Waals surface area (Å²) in [5.41, 5.74) is 0. The average Bonchev–Trinajstić information content (AvgIpc) is 2.06. The molecule has 2 atom stereocenters. The molecule has 1 aromatic carbocycles. The number of ether oxygens (including phenoxy) is 1. The van der Waals surface area contributed by atoms with Gasteiger partial charge in [0.05, 0.1) is 6.10 Å². The molecule has 0 spiro atoms. The monoisotopic (exact) mass is 151 g/mol. The molecule has 0 amide bonds. The molecule has 1 aromatic rings. The van der Waals surface area contributed by atoms with E-state index < -0.39 is 0 Å². The second kappa shape index (κ2) is 4.02. The normalized spacial score (nSPS) is 16.7. The number of para-hydroxylation sites is 1. The van der Waals surface area contributed by atoms with Gasteiger partial charge in [-0.15, -0.1) is 0 Å². The predicted octanol–water partition coefficient (Wildman–Crippen LogP) is 2.86. The van der Waals surface area contributed by atoms with Crippen LogP contribution in [-0.4, -0.2) is 6.10 Å². The zero-order valence-corrected chi connectivity index (χ0v) is 6.95. The van der Waals surface area contributed by atoms with Crippen LogP contribution in [0, 0.1) is 0 Å². The lowest BCUT2D eigenvalue weighted by atomic mass is 10.3. The summed E-state index contributed by atoms with van der Waals surface area (Å²) >= 11 is 0. The van der Waals surface area contributed by atoms with E-state index in [-0.39, 0.29) is 12.5 Å². The molecule has 1 rings (SSSR count). The third-order valence-corrected chi connectivity index (χ3v) is 1.53. The molecule has 0 radical (unpaired) electrons. The second-order valence-corrected chi connectivity index (χ2v) is 2.47. The van der Waals surface area contributed by atoms with Crippen LogP contribution >= 0.6 is 0 Å². The molecule has 0 aliphatic heterocycles. The maximum atomic E-state index is 7.41. The van der Waals surface area contributed by atoms with E-state index in [2.05, 4.69) is 0 Å². The van der Waals surface area contributed by atoms with Crippen LogP contribution in [0.15, 0.2) is 30.3 Å². The van der Waals surface area contributed by atoms with Crippen molar-refractivity contribution in [2.75, 3.05) is 0 Å². The van der Waals surface area contributed by atoms with E-state index in [0.29, 0.717) is 0 Å². The van der Waals surface area contributed by atoms with Gasteiger partial charge in [0.1, 0.15) is 5.75 Å². The third-order valence-electron chi connectivity index (χ3n) is 1.53. The molecule has 11 heavy (non-hydrogen) atoms. The summed E-state index contributed by atoms with van der Waals surface area (Å²) in [7, 11) is 0. The molecule has 0 N–H and O–H groups in total. The van der Waals surface area contributed by atoms with Crippen molar-refractivity contribution in [3.05, 3.63) is 30.3 Å². The molecule has 0 heterocycles. The summed E-state index contributed by atoms with van der Waals surface area (Å²) in [6.45, 7) is 3.73. The molecular formula is C10H14O. The van der Waals surface area contributed by atoms with Crippen molar-refractivity contribution < 1.29 is 6.11 Å². The highest BCUT2D eigenvalue weighted by molar-refractivity contribution is 5.21. The Kier molecular flexibility index (Phi) is 2.45. The average molecular weight is 151 g/mol. The molecular weight excluding hydrogens is 136 g/mol. The first-order valence-electron chi connectivity index (χ1n) is 4.42. The topological polar surface area (TPSA) is 9.23 Å². The predicted molar refractivity (Wildman–Crippen MR) is 46.8 cm³/mol. The summed E-state index contributed by atoms with van der Waals surface area (Å²) in [6.07, 6.45) is -0.238. The van der Waals surface area contributed by atoms with Crippen LogP contribution in [0.5, 0.6) is 5.75 Å². The molecule has 0 saturated heterocycles. The van der Waals surface area contributed by atoms with Gasteiger partial charge in [-0.25, -0.2) is 0 Å². The third kappa shape index (κ3) is 2.62. The highest BCUT2D eigenvalue weighted by Gasteiger charge is 1.97. The zero-order valence-electron chi connectivity index (χ0n) is 7.95. The Morgan fingerprint density at radius 1 is 1.45 bits per heavy atom. The molecule has 0 fully saturated rings. The fourth-order valence-corrected chi connectivity index (χ4v) is 0.782. The standard InChI is InChI=1S/C10H14O/c1-3-9(2)11-10-7-5-4-6-8-10/h4-9H,3H2,1-2H3/t9-/m1/s1/i3D/t3-,9+/m0. The van der Waals surface area contributed by atoms with Crippen LogP contribution in [0.1, 0.15) is 21.6 Å². The summed E-state index contributed by atoms with van der Waals surface area (Å²) in [4.78, 5) is 0. The smallest absolute Gasteiger partial charge is 0.119 e. The van der Waals surface area contributed by atoms with Crippen LogP contribution in [0.25, 0.3) is 0 Å².